The van der Waals surface area contributed by atoms with Crippen LogP contribution in [0.1, 0.15) is 27.2 Å². The molecule has 4 nitrogen and oxygen atoms in total. The zero-order valence-electron chi connectivity index (χ0n) is 16.5. The number of carbonyl (C=O) groups excluding carboxylic acids is 1. The van der Waals surface area contributed by atoms with E-state index >= 15 is 0 Å². The second-order valence-electron chi connectivity index (χ2n) is 6.79. The molecule has 0 aliphatic rings. The van der Waals surface area contributed by atoms with Crippen molar-refractivity contribution in [2.24, 2.45) is 0 Å². The number of thiazole rings is 1. The van der Waals surface area contributed by atoms with Crippen LogP contribution in [0.3, 0.4) is 0 Å². The lowest BCUT2D eigenvalue weighted by molar-refractivity contribution is 0.0982. The Morgan fingerprint density at radius 3 is 2.52 bits per heavy atom. The minimum atomic E-state index is -0.0602. The summed E-state index contributed by atoms with van der Waals surface area (Å²) < 4.78 is 1.12. The summed E-state index contributed by atoms with van der Waals surface area (Å²) in [5.74, 6) is -0.0602. The number of nitrogens with zero attached hydrogens (tertiary/aromatic N) is 3. The SMILES string of the molecule is CSc1ccccc1C(=O)N(Cc1ccccn1)c1nc2c(C)ccc(C)c2s1. The third kappa shape index (κ3) is 3.91. The van der Waals surface area contributed by atoms with Gasteiger partial charge in [-0.3, -0.25) is 14.7 Å². The molecule has 2 aromatic heterocycles. The quantitative estimate of drug-likeness (QED) is 0.379. The lowest BCUT2D eigenvalue weighted by atomic mass is 10.1. The predicted octanol–water partition coefficient (Wildman–Crippen LogP) is 5.88. The lowest BCUT2D eigenvalue weighted by Crippen LogP contribution is -2.31. The molecule has 29 heavy (non-hydrogen) atoms. The van der Waals surface area contributed by atoms with Gasteiger partial charge in [0.1, 0.15) is 0 Å². The monoisotopic (exact) mass is 419 g/mol. The lowest BCUT2D eigenvalue weighted by Gasteiger charge is -2.20. The average molecular weight is 420 g/mol. The van der Waals surface area contributed by atoms with E-state index in [9.17, 15) is 4.79 Å². The first-order valence-electron chi connectivity index (χ1n) is 9.30. The van der Waals surface area contributed by atoms with Gasteiger partial charge in [0.05, 0.1) is 28.0 Å². The Labute approximate surface area is 178 Å². The van der Waals surface area contributed by atoms with Gasteiger partial charge < -0.3 is 0 Å². The molecule has 146 valence electrons. The number of rotatable bonds is 5. The fourth-order valence-electron chi connectivity index (χ4n) is 3.21. The van der Waals surface area contributed by atoms with Gasteiger partial charge in [-0.1, -0.05) is 41.7 Å². The number of aryl methyl sites for hydroxylation is 2. The van der Waals surface area contributed by atoms with Gasteiger partial charge in [-0.15, -0.1) is 11.8 Å². The second-order valence-corrected chi connectivity index (χ2v) is 8.61. The number of hydrogen-bond donors (Lipinski definition) is 0. The number of benzene rings is 2. The Morgan fingerprint density at radius 2 is 1.79 bits per heavy atom. The first kappa shape index (κ1) is 19.6. The van der Waals surface area contributed by atoms with E-state index in [1.165, 1.54) is 5.56 Å². The minimum Gasteiger partial charge on any atom is -0.278 e. The Kier molecular flexibility index (Phi) is 5.65. The van der Waals surface area contributed by atoms with Gasteiger partial charge in [-0.2, -0.15) is 0 Å². The molecule has 1 amide bonds. The molecule has 4 aromatic rings. The normalized spacial score (nSPS) is 11.0. The zero-order valence-corrected chi connectivity index (χ0v) is 18.2. The second kappa shape index (κ2) is 8.35. The highest BCUT2D eigenvalue weighted by atomic mass is 32.2. The van der Waals surface area contributed by atoms with E-state index in [0.717, 1.165) is 26.4 Å². The van der Waals surface area contributed by atoms with Crippen molar-refractivity contribution in [1.29, 1.82) is 0 Å². The fourth-order valence-corrected chi connectivity index (χ4v) is 4.91. The van der Waals surface area contributed by atoms with Crippen LogP contribution in [0.4, 0.5) is 5.13 Å². The molecule has 0 aliphatic heterocycles. The topological polar surface area (TPSA) is 46.1 Å². The van der Waals surface area contributed by atoms with E-state index in [-0.39, 0.29) is 5.91 Å². The molecule has 0 unspecified atom stereocenters. The number of aromatic nitrogens is 2. The number of anilines is 1. The van der Waals surface area contributed by atoms with Gasteiger partial charge in [0, 0.05) is 11.1 Å². The molecule has 0 fully saturated rings. The summed E-state index contributed by atoms with van der Waals surface area (Å²) in [6.45, 7) is 4.51. The van der Waals surface area contributed by atoms with Gasteiger partial charge in [-0.25, -0.2) is 4.98 Å². The number of carbonyl (C=O) groups is 1. The molecule has 0 N–H and O–H groups in total. The van der Waals surface area contributed by atoms with Crippen LogP contribution >= 0.6 is 23.1 Å². The van der Waals surface area contributed by atoms with Crippen LogP contribution in [-0.2, 0) is 6.54 Å². The molecule has 0 aliphatic carbocycles. The summed E-state index contributed by atoms with van der Waals surface area (Å²) in [6, 6.07) is 17.6. The van der Waals surface area contributed by atoms with Crippen LogP contribution in [0.2, 0.25) is 0 Å². The Balaban J connectivity index is 1.84. The summed E-state index contributed by atoms with van der Waals surface area (Å²) >= 11 is 3.13. The highest BCUT2D eigenvalue weighted by Gasteiger charge is 2.24. The number of pyridine rings is 1. The molecule has 0 atom stereocenters. The highest BCUT2D eigenvalue weighted by molar-refractivity contribution is 7.98. The molecule has 6 heteroatoms. The van der Waals surface area contributed by atoms with E-state index in [2.05, 4.69) is 31.0 Å². The maximum absolute atomic E-state index is 13.6. The molecule has 0 spiro atoms. The van der Waals surface area contributed by atoms with Crippen LogP contribution in [0, 0.1) is 13.8 Å². The zero-order chi connectivity index (χ0) is 20.4. The highest BCUT2D eigenvalue weighted by Crippen LogP contribution is 2.35. The van der Waals surface area contributed by atoms with Crippen LogP contribution in [0.5, 0.6) is 0 Å². The summed E-state index contributed by atoms with van der Waals surface area (Å²) in [5.41, 5.74) is 4.76. The maximum atomic E-state index is 13.6. The smallest absolute Gasteiger partial charge is 0.261 e. The summed E-state index contributed by atoms with van der Waals surface area (Å²) in [5, 5.41) is 0.698. The third-order valence-electron chi connectivity index (χ3n) is 4.79. The first-order chi connectivity index (χ1) is 14.1. The van der Waals surface area contributed by atoms with Crippen LogP contribution in [0.15, 0.2) is 65.7 Å². The van der Waals surface area contributed by atoms with Crippen LogP contribution in [0.25, 0.3) is 10.2 Å². The predicted molar refractivity (Wildman–Crippen MR) is 122 cm³/mol. The number of hydrogen-bond acceptors (Lipinski definition) is 5. The van der Waals surface area contributed by atoms with Gasteiger partial charge in [0.25, 0.3) is 5.91 Å². The van der Waals surface area contributed by atoms with Crippen molar-refractivity contribution in [2.75, 3.05) is 11.2 Å². The fraction of sp³-hybridized carbons (Fsp3) is 0.174. The van der Waals surface area contributed by atoms with Crippen molar-refractivity contribution >= 4 is 44.4 Å². The largest absolute Gasteiger partial charge is 0.278 e. The minimum absolute atomic E-state index is 0.0602. The van der Waals surface area contributed by atoms with Crippen molar-refractivity contribution in [3.8, 4) is 0 Å². The van der Waals surface area contributed by atoms with Crippen molar-refractivity contribution < 1.29 is 4.79 Å². The van der Waals surface area contributed by atoms with Crippen LogP contribution < -0.4 is 4.90 Å². The van der Waals surface area contributed by atoms with E-state index in [4.69, 9.17) is 4.98 Å². The van der Waals surface area contributed by atoms with Gasteiger partial charge in [-0.05, 0) is 55.5 Å². The Hall–Kier alpha value is -2.70. The summed E-state index contributed by atoms with van der Waals surface area (Å²) in [6.07, 6.45) is 3.74. The summed E-state index contributed by atoms with van der Waals surface area (Å²) in [7, 11) is 0. The maximum Gasteiger partial charge on any atom is 0.261 e. The third-order valence-corrected chi connectivity index (χ3v) is 6.80. The van der Waals surface area contributed by atoms with E-state index in [0.29, 0.717) is 17.2 Å². The standard InChI is InChI=1S/C23H21N3OS2/c1-15-11-12-16(2)21-20(15)25-23(29-21)26(14-17-8-6-7-13-24-17)22(27)18-9-4-5-10-19(18)28-3/h4-13H,14H2,1-3H3. The van der Waals surface area contributed by atoms with Crippen molar-refractivity contribution in [3.63, 3.8) is 0 Å². The molecule has 0 bridgehead atoms. The van der Waals surface area contributed by atoms with Crippen LogP contribution in [-0.4, -0.2) is 22.1 Å². The molecule has 0 radical (unpaired) electrons. The molecule has 2 aromatic carbocycles. The Morgan fingerprint density at radius 1 is 1.03 bits per heavy atom. The van der Waals surface area contributed by atoms with Crippen molar-refractivity contribution in [2.45, 2.75) is 25.3 Å². The summed E-state index contributed by atoms with van der Waals surface area (Å²) in [4.78, 5) is 25.6. The van der Waals surface area contributed by atoms with Gasteiger partial charge in [0.2, 0.25) is 0 Å². The van der Waals surface area contributed by atoms with E-state index in [1.54, 1.807) is 34.2 Å². The molecular formula is C23H21N3OS2. The van der Waals surface area contributed by atoms with Gasteiger partial charge >= 0.3 is 0 Å². The number of fused-ring (bicyclic) bond motifs is 1. The molecule has 0 saturated carbocycles. The first-order valence-corrected chi connectivity index (χ1v) is 11.3. The number of thioether (sulfide) groups is 1. The van der Waals surface area contributed by atoms with Crippen molar-refractivity contribution in [3.05, 3.63) is 83.2 Å². The number of amides is 1. The van der Waals surface area contributed by atoms with E-state index in [1.807, 2.05) is 48.7 Å². The van der Waals surface area contributed by atoms with E-state index < -0.39 is 0 Å². The molecule has 0 saturated heterocycles. The Bertz CT molecular complexity index is 1130. The molecule has 2 heterocycles. The average Bonchev–Trinajstić information content (AvgIpc) is 3.21. The molecule has 4 rings (SSSR count). The van der Waals surface area contributed by atoms with Gasteiger partial charge in [0.15, 0.2) is 5.13 Å². The van der Waals surface area contributed by atoms with Crippen molar-refractivity contribution in [1.82, 2.24) is 9.97 Å². The molecular weight excluding hydrogens is 398 g/mol.